The van der Waals surface area contributed by atoms with Gasteiger partial charge in [0.1, 0.15) is 0 Å². The van der Waals surface area contributed by atoms with Gasteiger partial charge >= 0.3 is 6.18 Å². The Morgan fingerprint density at radius 2 is 1.19 bits per heavy atom. The van der Waals surface area contributed by atoms with Crippen molar-refractivity contribution in [3.63, 3.8) is 0 Å². The quantitative estimate of drug-likeness (QED) is 0.226. The Morgan fingerprint density at radius 3 is 1.73 bits per heavy atom. The van der Waals surface area contributed by atoms with Crippen LogP contribution < -0.4 is 0 Å². The number of halogens is 3. The van der Waals surface area contributed by atoms with E-state index in [4.69, 9.17) is 0 Å². The summed E-state index contributed by atoms with van der Waals surface area (Å²) < 4.78 is 38.4. The van der Waals surface area contributed by atoms with E-state index in [9.17, 15) is 22.8 Å². The molecule has 0 aliphatic carbocycles. The summed E-state index contributed by atoms with van der Waals surface area (Å²) in [5.41, 5.74) is 5.65. The average Bonchev–Trinajstić information content (AvgIpc) is 2.91. The van der Waals surface area contributed by atoms with Gasteiger partial charge in [-0.05, 0) is 53.3 Å². The third-order valence-electron chi connectivity index (χ3n) is 6.46. The van der Waals surface area contributed by atoms with Crippen molar-refractivity contribution in [3.8, 4) is 22.3 Å². The highest BCUT2D eigenvalue weighted by molar-refractivity contribution is 6.09. The van der Waals surface area contributed by atoms with Crippen LogP contribution in [0.2, 0.25) is 0 Å². The Bertz CT molecular complexity index is 1400. The summed E-state index contributed by atoms with van der Waals surface area (Å²) >= 11 is 0. The fourth-order valence-electron chi connectivity index (χ4n) is 4.28. The van der Waals surface area contributed by atoms with Crippen molar-refractivity contribution < 1.29 is 22.8 Å². The van der Waals surface area contributed by atoms with Gasteiger partial charge in [-0.3, -0.25) is 9.59 Å². The van der Waals surface area contributed by atoms with Gasteiger partial charge < -0.3 is 0 Å². The van der Waals surface area contributed by atoms with E-state index in [0.717, 1.165) is 58.4 Å². The molecule has 0 fully saturated rings. The molecule has 0 bridgehead atoms. The first kappa shape index (κ1) is 26.1. The standard InChI is InChI=1S/C32H27F3O2/c1-3-4-5-30(36)24-10-6-22(7-11-24)27-16-19-29(21(2)20-27)23-8-12-25(13-9-23)31(37)26-14-17-28(18-15-26)32(33,34)35/h6-20H,3-5H2,1-2H3. The number of hydrogen-bond acceptors (Lipinski definition) is 2. The highest BCUT2D eigenvalue weighted by Gasteiger charge is 2.30. The van der Waals surface area contributed by atoms with Crippen LogP contribution in [0.1, 0.15) is 63.6 Å². The molecule has 0 saturated carbocycles. The minimum absolute atomic E-state index is 0.167. The Hall–Kier alpha value is -3.99. The molecule has 4 aromatic rings. The minimum atomic E-state index is -4.44. The van der Waals surface area contributed by atoms with Crippen LogP contribution in [0.3, 0.4) is 0 Å². The molecule has 5 heteroatoms. The molecule has 0 N–H and O–H groups in total. The fourth-order valence-corrected chi connectivity index (χ4v) is 4.28. The first-order chi connectivity index (χ1) is 17.7. The maximum Gasteiger partial charge on any atom is 0.416 e. The van der Waals surface area contributed by atoms with Gasteiger partial charge in [-0.2, -0.15) is 13.2 Å². The molecule has 188 valence electrons. The van der Waals surface area contributed by atoms with Gasteiger partial charge in [-0.25, -0.2) is 0 Å². The lowest BCUT2D eigenvalue weighted by Crippen LogP contribution is -2.06. The summed E-state index contributed by atoms with van der Waals surface area (Å²) in [5.74, 6) is -0.163. The Kier molecular flexibility index (Phi) is 7.72. The number of Topliss-reactive ketones (excluding diaryl/α,β-unsaturated/α-hetero) is 1. The van der Waals surface area contributed by atoms with Crippen LogP contribution in [0, 0.1) is 6.92 Å². The molecule has 0 aliphatic rings. The van der Waals surface area contributed by atoms with Gasteiger partial charge in [0.05, 0.1) is 5.56 Å². The van der Waals surface area contributed by atoms with Crippen molar-refractivity contribution in [3.05, 3.63) is 119 Å². The molecule has 0 spiro atoms. The van der Waals surface area contributed by atoms with Crippen LogP contribution >= 0.6 is 0 Å². The molecular weight excluding hydrogens is 473 g/mol. The van der Waals surface area contributed by atoms with Crippen molar-refractivity contribution in [2.75, 3.05) is 0 Å². The molecule has 0 unspecified atom stereocenters. The van der Waals surface area contributed by atoms with E-state index in [1.54, 1.807) is 12.1 Å². The molecule has 0 amide bonds. The number of carbonyl (C=O) groups is 2. The zero-order chi connectivity index (χ0) is 26.6. The smallest absolute Gasteiger partial charge is 0.294 e. The molecule has 0 saturated heterocycles. The number of ketones is 2. The molecule has 0 aliphatic heterocycles. The summed E-state index contributed by atoms with van der Waals surface area (Å²) in [7, 11) is 0. The summed E-state index contributed by atoms with van der Waals surface area (Å²) in [6.45, 7) is 4.09. The van der Waals surface area contributed by atoms with Crippen molar-refractivity contribution in [1.82, 2.24) is 0 Å². The highest BCUT2D eigenvalue weighted by Crippen LogP contribution is 2.31. The second kappa shape index (κ2) is 11.0. The lowest BCUT2D eigenvalue weighted by Gasteiger charge is -2.11. The average molecular weight is 501 g/mol. The first-order valence-electron chi connectivity index (χ1n) is 12.2. The predicted molar refractivity (Wildman–Crippen MR) is 141 cm³/mol. The normalized spacial score (nSPS) is 11.4. The molecule has 0 aromatic heterocycles. The number of benzene rings is 4. The Balaban J connectivity index is 1.49. The van der Waals surface area contributed by atoms with E-state index in [-0.39, 0.29) is 17.1 Å². The number of unbranched alkanes of at least 4 members (excludes halogenated alkanes) is 1. The monoisotopic (exact) mass is 500 g/mol. The van der Waals surface area contributed by atoms with Crippen LogP contribution in [-0.4, -0.2) is 11.6 Å². The van der Waals surface area contributed by atoms with E-state index < -0.39 is 11.7 Å². The molecule has 0 heterocycles. The zero-order valence-electron chi connectivity index (χ0n) is 20.7. The van der Waals surface area contributed by atoms with Crippen LogP contribution in [-0.2, 0) is 6.18 Å². The molecule has 4 aromatic carbocycles. The van der Waals surface area contributed by atoms with E-state index in [0.29, 0.717) is 12.0 Å². The second-order valence-electron chi connectivity index (χ2n) is 9.12. The summed E-state index contributed by atoms with van der Waals surface area (Å²) in [6, 6.07) is 25.1. The van der Waals surface area contributed by atoms with Crippen molar-refractivity contribution in [2.24, 2.45) is 0 Å². The molecular formula is C32H27F3O2. The molecule has 2 nitrogen and oxygen atoms in total. The molecule has 0 radical (unpaired) electrons. The predicted octanol–water partition coefficient (Wildman–Crippen LogP) is 8.95. The summed E-state index contributed by atoms with van der Waals surface area (Å²) in [6.07, 6.45) is -1.98. The zero-order valence-corrected chi connectivity index (χ0v) is 20.7. The van der Waals surface area contributed by atoms with E-state index in [1.165, 1.54) is 12.1 Å². The van der Waals surface area contributed by atoms with Gasteiger partial charge in [0.15, 0.2) is 11.6 Å². The topological polar surface area (TPSA) is 34.1 Å². The fraction of sp³-hybridized carbons (Fsp3) is 0.188. The Morgan fingerprint density at radius 1 is 0.676 bits per heavy atom. The van der Waals surface area contributed by atoms with Gasteiger partial charge in [0, 0.05) is 23.1 Å². The molecule has 4 rings (SSSR count). The van der Waals surface area contributed by atoms with Crippen molar-refractivity contribution >= 4 is 11.6 Å². The number of aryl methyl sites for hydroxylation is 1. The number of hydrogen-bond donors (Lipinski definition) is 0. The second-order valence-corrected chi connectivity index (χ2v) is 9.12. The third kappa shape index (κ3) is 6.05. The third-order valence-corrected chi connectivity index (χ3v) is 6.46. The van der Waals surface area contributed by atoms with Crippen LogP contribution in [0.4, 0.5) is 13.2 Å². The number of rotatable bonds is 8. The van der Waals surface area contributed by atoms with Crippen molar-refractivity contribution in [2.45, 2.75) is 39.3 Å². The SMILES string of the molecule is CCCCC(=O)c1ccc(-c2ccc(-c3ccc(C(=O)c4ccc(C(F)(F)F)cc4)cc3)c(C)c2)cc1. The number of alkyl halides is 3. The van der Waals surface area contributed by atoms with Gasteiger partial charge in [-0.15, -0.1) is 0 Å². The maximum atomic E-state index is 12.8. The molecule has 0 atom stereocenters. The van der Waals surface area contributed by atoms with E-state index >= 15 is 0 Å². The lowest BCUT2D eigenvalue weighted by atomic mass is 9.93. The van der Waals surface area contributed by atoms with Crippen LogP contribution in [0.15, 0.2) is 91.0 Å². The largest absolute Gasteiger partial charge is 0.416 e. The molecule has 37 heavy (non-hydrogen) atoms. The lowest BCUT2D eigenvalue weighted by molar-refractivity contribution is -0.137. The highest BCUT2D eigenvalue weighted by atomic mass is 19.4. The summed E-state index contributed by atoms with van der Waals surface area (Å²) in [5, 5.41) is 0. The van der Waals surface area contributed by atoms with Gasteiger partial charge in [0.25, 0.3) is 0 Å². The van der Waals surface area contributed by atoms with E-state index in [1.807, 2.05) is 55.5 Å². The van der Waals surface area contributed by atoms with Crippen molar-refractivity contribution in [1.29, 1.82) is 0 Å². The van der Waals surface area contributed by atoms with E-state index in [2.05, 4.69) is 13.0 Å². The maximum absolute atomic E-state index is 12.8. The minimum Gasteiger partial charge on any atom is -0.294 e. The van der Waals surface area contributed by atoms with Crippen LogP contribution in [0.5, 0.6) is 0 Å². The van der Waals surface area contributed by atoms with Gasteiger partial charge in [0.2, 0.25) is 0 Å². The first-order valence-corrected chi connectivity index (χ1v) is 12.2. The number of carbonyl (C=O) groups excluding carboxylic acids is 2. The van der Waals surface area contributed by atoms with Crippen LogP contribution in [0.25, 0.3) is 22.3 Å². The van der Waals surface area contributed by atoms with Gasteiger partial charge in [-0.1, -0.05) is 92.2 Å². The Labute approximate surface area is 214 Å². The summed E-state index contributed by atoms with van der Waals surface area (Å²) in [4.78, 5) is 25.0.